The number of hydrogen-bond acceptors (Lipinski definition) is 6. The van der Waals surface area contributed by atoms with E-state index in [9.17, 15) is 31.5 Å². The van der Waals surface area contributed by atoms with Gasteiger partial charge in [0.1, 0.15) is 18.7 Å². The molecule has 3 amide bonds. The summed E-state index contributed by atoms with van der Waals surface area (Å²) in [5, 5.41) is 4.60. The summed E-state index contributed by atoms with van der Waals surface area (Å²) in [4.78, 5) is 34.4. The third-order valence-corrected chi connectivity index (χ3v) is 7.05. The van der Waals surface area contributed by atoms with Gasteiger partial charge in [0.15, 0.2) is 11.2 Å². The maximum absolute atomic E-state index is 13.9. The molecule has 1 aromatic carbocycles. The molecule has 2 aliphatic rings. The Morgan fingerprint density at radius 3 is 2.55 bits per heavy atom. The number of ether oxygens (including phenoxy) is 1. The molecule has 1 aliphatic carbocycles. The first-order valence-electron chi connectivity index (χ1n) is 12.7. The van der Waals surface area contributed by atoms with Crippen molar-refractivity contribution < 1.29 is 40.7 Å². The highest BCUT2D eigenvalue weighted by Gasteiger charge is 2.47. The van der Waals surface area contributed by atoms with Crippen LogP contribution in [0.25, 0.3) is 11.2 Å². The SMILES string of the molecule is O=C(N[C@H](c1nc2nc(CN3C[C@@H](C(F)(F)F)NC3=O)ccc2o1)C1CCC(F)(F)CC1)OCc1ccccc1. The van der Waals surface area contributed by atoms with Crippen molar-refractivity contribution in [3.8, 4) is 0 Å². The zero-order valence-corrected chi connectivity index (χ0v) is 21.1. The average Bonchev–Trinajstić information content (AvgIpc) is 3.50. The van der Waals surface area contributed by atoms with E-state index in [-0.39, 0.29) is 61.6 Å². The second-order valence-electron chi connectivity index (χ2n) is 9.98. The zero-order chi connectivity index (χ0) is 28.5. The normalized spacial score (nSPS) is 20.4. The average molecular weight is 568 g/mol. The third-order valence-electron chi connectivity index (χ3n) is 7.05. The van der Waals surface area contributed by atoms with E-state index in [2.05, 4.69) is 15.3 Å². The van der Waals surface area contributed by atoms with Crippen molar-refractivity contribution in [2.75, 3.05) is 6.54 Å². The minimum atomic E-state index is -4.57. The highest BCUT2D eigenvalue weighted by molar-refractivity contribution is 5.77. The fourth-order valence-electron chi connectivity index (χ4n) is 4.87. The Morgan fingerprint density at radius 1 is 1.15 bits per heavy atom. The van der Waals surface area contributed by atoms with Gasteiger partial charge in [0.05, 0.1) is 18.8 Å². The van der Waals surface area contributed by atoms with Crippen LogP contribution in [0, 0.1) is 5.92 Å². The number of pyridine rings is 1. The van der Waals surface area contributed by atoms with Gasteiger partial charge in [-0.25, -0.2) is 23.4 Å². The summed E-state index contributed by atoms with van der Waals surface area (Å²) < 4.78 is 77.8. The van der Waals surface area contributed by atoms with Crippen molar-refractivity contribution in [2.45, 2.75) is 63.0 Å². The highest BCUT2D eigenvalue weighted by atomic mass is 19.4. The van der Waals surface area contributed by atoms with Crippen LogP contribution in [0.2, 0.25) is 0 Å². The van der Waals surface area contributed by atoms with Crippen LogP contribution in [0.1, 0.15) is 48.9 Å². The molecule has 2 fully saturated rings. The van der Waals surface area contributed by atoms with E-state index in [1.165, 1.54) is 12.1 Å². The minimum Gasteiger partial charge on any atom is -0.445 e. The number of carbonyl (C=O) groups excluding carboxylic acids is 2. The maximum atomic E-state index is 13.9. The van der Waals surface area contributed by atoms with Gasteiger partial charge in [-0.3, -0.25) is 0 Å². The first kappa shape index (κ1) is 27.6. The summed E-state index contributed by atoms with van der Waals surface area (Å²) in [5.41, 5.74) is 1.36. The number of amides is 3. The molecule has 40 heavy (non-hydrogen) atoms. The number of urea groups is 1. The van der Waals surface area contributed by atoms with Crippen LogP contribution >= 0.6 is 0 Å². The van der Waals surface area contributed by atoms with Crippen molar-refractivity contribution in [3.05, 3.63) is 59.6 Å². The Morgan fingerprint density at radius 2 is 1.88 bits per heavy atom. The zero-order valence-electron chi connectivity index (χ0n) is 21.1. The first-order chi connectivity index (χ1) is 19.0. The number of rotatable bonds is 7. The summed E-state index contributed by atoms with van der Waals surface area (Å²) in [6, 6.07) is 8.26. The van der Waals surface area contributed by atoms with Gasteiger partial charge in [-0.15, -0.1) is 0 Å². The number of aromatic nitrogens is 2. The molecule has 2 aromatic heterocycles. The second kappa shape index (κ2) is 10.9. The first-order valence-corrected chi connectivity index (χ1v) is 12.7. The van der Waals surface area contributed by atoms with Crippen LogP contribution in [0.4, 0.5) is 31.5 Å². The van der Waals surface area contributed by atoms with Gasteiger partial charge in [-0.05, 0) is 36.5 Å². The number of nitrogens with zero attached hydrogens (tertiary/aromatic N) is 3. The lowest BCUT2D eigenvalue weighted by Crippen LogP contribution is -2.40. The van der Waals surface area contributed by atoms with Crippen molar-refractivity contribution >= 4 is 23.4 Å². The molecule has 1 saturated carbocycles. The van der Waals surface area contributed by atoms with E-state index in [1.807, 2.05) is 11.4 Å². The molecule has 2 N–H and O–H groups in total. The Hall–Kier alpha value is -3.97. The lowest BCUT2D eigenvalue weighted by Gasteiger charge is -2.32. The van der Waals surface area contributed by atoms with E-state index >= 15 is 0 Å². The quantitative estimate of drug-likeness (QED) is 0.367. The number of halogens is 5. The van der Waals surface area contributed by atoms with Crippen molar-refractivity contribution in [1.29, 1.82) is 0 Å². The van der Waals surface area contributed by atoms with E-state index < -0.39 is 48.8 Å². The fraction of sp³-hybridized carbons (Fsp3) is 0.462. The molecule has 2 atom stereocenters. The van der Waals surface area contributed by atoms with Gasteiger partial charge in [-0.1, -0.05) is 30.3 Å². The number of alkyl halides is 5. The number of hydrogen-bond donors (Lipinski definition) is 2. The number of oxazole rings is 1. The molecule has 5 rings (SSSR count). The smallest absolute Gasteiger partial charge is 0.410 e. The van der Waals surface area contributed by atoms with Crippen molar-refractivity contribution in [1.82, 2.24) is 25.5 Å². The second-order valence-corrected chi connectivity index (χ2v) is 9.98. The molecule has 14 heteroatoms. The van der Waals surface area contributed by atoms with Crippen LogP contribution in [0.15, 0.2) is 46.9 Å². The molecular formula is C26H26F5N5O4. The molecule has 1 saturated heterocycles. The van der Waals surface area contributed by atoms with Crippen LogP contribution in [-0.4, -0.2) is 51.7 Å². The molecule has 0 bridgehead atoms. The molecule has 3 aromatic rings. The van der Waals surface area contributed by atoms with Crippen LogP contribution < -0.4 is 10.6 Å². The molecule has 0 spiro atoms. The van der Waals surface area contributed by atoms with E-state index in [0.717, 1.165) is 10.5 Å². The third kappa shape index (κ3) is 6.42. The molecule has 0 radical (unpaired) electrons. The summed E-state index contributed by atoms with van der Waals surface area (Å²) in [5.74, 6) is -3.16. The number of nitrogens with one attached hydrogen (secondary N) is 2. The Balaban J connectivity index is 1.32. The fourth-order valence-corrected chi connectivity index (χ4v) is 4.87. The molecule has 214 valence electrons. The monoisotopic (exact) mass is 567 g/mol. The minimum absolute atomic E-state index is 0.000120. The predicted molar refractivity (Wildman–Crippen MR) is 130 cm³/mol. The van der Waals surface area contributed by atoms with Gasteiger partial charge >= 0.3 is 18.3 Å². The van der Waals surface area contributed by atoms with Crippen LogP contribution in [0.3, 0.4) is 0 Å². The van der Waals surface area contributed by atoms with Gasteiger partial charge in [0.2, 0.25) is 11.8 Å². The van der Waals surface area contributed by atoms with Gasteiger partial charge < -0.3 is 24.7 Å². The molecule has 0 unspecified atom stereocenters. The Bertz CT molecular complexity index is 1360. The van der Waals surface area contributed by atoms with Gasteiger partial charge in [0, 0.05) is 12.8 Å². The number of carbonyl (C=O) groups is 2. The van der Waals surface area contributed by atoms with Crippen molar-refractivity contribution in [3.63, 3.8) is 0 Å². The summed E-state index contributed by atoms with van der Waals surface area (Å²) in [6.07, 6.45) is -5.84. The maximum Gasteiger partial charge on any atom is 0.410 e. The predicted octanol–water partition coefficient (Wildman–Crippen LogP) is 5.47. The number of alkyl carbamates (subject to hydrolysis) is 1. The van der Waals surface area contributed by atoms with Gasteiger partial charge in [-0.2, -0.15) is 18.2 Å². The topological polar surface area (TPSA) is 110 Å². The lowest BCUT2D eigenvalue weighted by atomic mass is 9.82. The van der Waals surface area contributed by atoms with Crippen LogP contribution in [0.5, 0.6) is 0 Å². The number of benzene rings is 1. The molecular weight excluding hydrogens is 541 g/mol. The van der Waals surface area contributed by atoms with E-state index in [0.29, 0.717) is 0 Å². The summed E-state index contributed by atoms with van der Waals surface area (Å²) in [7, 11) is 0. The number of fused-ring (bicyclic) bond motifs is 1. The van der Waals surface area contributed by atoms with E-state index in [1.54, 1.807) is 24.3 Å². The summed E-state index contributed by atoms with van der Waals surface area (Å²) >= 11 is 0. The Kier molecular flexibility index (Phi) is 7.51. The largest absolute Gasteiger partial charge is 0.445 e. The molecule has 9 nitrogen and oxygen atoms in total. The standard InChI is InChI=1S/C26H26F5N5O4/c27-25(28)10-8-16(9-11-25)20(34-24(38)39-14-15-4-2-1-3-5-15)22-35-21-18(40-22)7-6-17(32-21)12-36-13-19(26(29,30)31)33-23(36)37/h1-7,16,19-20H,8-14H2,(H,33,37)(H,34,38)/t19-,20-/m0/s1. The van der Waals surface area contributed by atoms with Crippen molar-refractivity contribution in [2.24, 2.45) is 5.92 Å². The Labute approximate surface area is 225 Å². The van der Waals surface area contributed by atoms with E-state index in [4.69, 9.17) is 9.15 Å². The lowest BCUT2D eigenvalue weighted by molar-refractivity contribution is -0.149. The molecule has 1 aliphatic heterocycles. The highest BCUT2D eigenvalue weighted by Crippen LogP contribution is 2.41. The van der Waals surface area contributed by atoms with Gasteiger partial charge in [0.25, 0.3) is 0 Å². The summed E-state index contributed by atoms with van der Waals surface area (Å²) in [6.45, 7) is -0.753. The van der Waals surface area contributed by atoms with Crippen LogP contribution in [-0.2, 0) is 17.9 Å². The molecule has 3 heterocycles.